The maximum absolute atomic E-state index is 5.29. The van der Waals surface area contributed by atoms with Crippen LogP contribution in [-0.2, 0) is 13.5 Å². The predicted molar refractivity (Wildman–Crippen MR) is 65.8 cm³/mol. The number of ether oxygens (including phenoxy) is 1. The maximum atomic E-state index is 5.29. The van der Waals surface area contributed by atoms with Crippen LogP contribution < -0.4 is 10.1 Å². The van der Waals surface area contributed by atoms with E-state index in [9.17, 15) is 0 Å². The van der Waals surface area contributed by atoms with E-state index in [1.807, 2.05) is 11.7 Å². The first-order valence-corrected chi connectivity index (χ1v) is 6.01. The van der Waals surface area contributed by atoms with Gasteiger partial charge in [-0.05, 0) is 25.8 Å². The van der Waals surface area contributed by atoms with Crippen molar-refractivity contribution in [2.24, 2.45) is 7.05 Å². The zero-order valence-corrected chi connectivity index (χ0v) is 10.8. The fourth-order valence-corrected chi connectivity index (χ4v) is 1.95. The van der Waals surface area contributed by atoms with Gasteiger partial charge in [0, 0.05) is 13.1 Å². The number of aryl methyl sites for hydroxylation is 1. The molecule has 1 atom stereocenters. The summed E-state index contributed by atoms with van der Waals surface area (Å²) in [7, 11) is 3.66. The molecule has 0 fully saturated rings. The quantitative estimate of drug-likeness (QED) is 0.768. The van der Waals surface area contributed by atoms with Gasteiger partial charge in [-0.25, -0.2) is 0 Å². The van der Waals surface area contributed by atoms with E-state index in [-0.39, 0.29) is 0 Å². The normalized spacial score (nSPS) is 12.8. The summed E-state index contributed by atoms with van der Waals surface area (Å²) in [6.07, 6.45) is 5.07. The predicted octanol–water partition coefficient (Wildman–Crippen LogP) is 1.75. The van der Waals surface area contributed by atoms with Crippen LogP contribution in [0.2, 0.25) is 0 Å². The van der Waals surface area contributed by atoms with Crippen LogP contribution in [0.25, 0.3) is 0 Å². The lowest BCUT2D eigenvalue weighted by Crippen LogP contribution is -2.28. The largest absolute Gasteiger partial charge is 0.493 e. The van der Waals surface area contributed by atoms with E-state index >= 15 is 0 Å². The third-order valence-corrected chi connectivity index (χ3v) is 2.96. The number of rotatable bonds is 7. The maximum Gasteiger partial charge on any atom is 0.159 e. The highest BCUT2D eigenvalue weighted by atomic mass is 16.5. The fraction of sp³-hybridized carbons (Fsp3) is 0.750. The second-order valence-electron chi connectivity index (χ2n) is 3.98. The van der Waals surface area contributed by atoms with Gasteiger partial charge in [-0.3, -0.25) is 4.68 Å². The van der Waals surface area contributed by atoms with Crippen molar-refractivity contribution in [2.45, 2.75) is 39.2 Å². The van der Waals surface area contributed by atoms with E-state index in [0.717, 1.165) is 31.6 Å². The zero-order valence-electron chi connectivity index (χ0n) is 10.8. The molecule has 0 aliphatic rings. The molecule has 16 heavy (non-hydrogen) atoms. The van der Waals surface area contributed by atoms with Crippen molar-refractivity contribution in [1.82, 2.24) is 15.1 Å². The second-order valence-corrected chi connectivity index (χ2v) is 3.98. The lowest BCUT2D eigenvalue weighted by atomic mass is 10.1. The van der Waals surface area contributed by atoms with Crippen molar-refractivity contribution in [3.8, 4) is 5.75 Å². The van der Waals surface area contributed by atoms with Gasteiger partial charge in [0.25, 0.3) is 0 Å². The first-order valence-electron chi connectivity index (χ1n) is 6.01. The minimum absolute atomic E-state index is 0.588. The lowest BCUT2D eigenvalue weighted by Gasteiger charge is -2.15. The summed E-state index contributed by atoms with van der Waals surface area (Å²) in [5.41, 5.74) is 1.18. The molecule has 0 bridgehead atoms. The molecule has 4 heteroatoms. The molecular formula is C12H23N3O. The lowest BCUT2D eigenvalue weighted by molar-refractivity contribution is 0.403. The molecule has 1 aromatic rings. The standard InChI is InChI=1S/C12H23N3O/c1-5-10(13-6-2)7-8-11-12(16-4)9-14-15(11)3/h9-10,13H,5-8H2,1-4H3. The molecule has 0 saturated carbocycles. The summed E-state index contributed by atoms with van der Waals surface area (Å²) in [5.74, 6) is 0.897. The smallest absolute Gasteiger partial charge is 0.159 e. The van der Waals surface area contributed by atoms with Gasteiger partial charge in [0.15, 0.2) is 5.75 Å². The van der Waals surface area contributed by atoms with E-state index in [1.165, 1.54) is 5.69 Å². The highest BCUT2D eigenvalue weighted by Gasteiger charge is 2.11. The van der Waals surface area contributed by atoms with E-state index in [1.54, 1.807) is 13.3 Å². The summed E-state index contributed by atoms with van der Waals surface area (Å²) in [4.78, 5) is 0. The Balaban J connectivity index is 2.55. The van der Waals surface area contributed by atoms with Gasteiger partial charge < -0.3 is 10.1 Å². The van der Waals surface area contributed by atoms with Gasteiger partial charge in [0.2, 0.25) is 0 Å². The molecule has 0 spiro atoms. The molecule has 0 radical (unpaired) electrons. The van der Waals surface area contributed by atoms with Crippen molar-refractivity contribution < 1.29 is 4.74 Å². The Labute approximate surface area is 98.0 Å². The molecule has 1 unspecified atom stereocenters. The Hall–Kier alpha value is -1.03. The van der Waals surface area contributed by atoms with Crippen LogP contribution in [-0.4, -0.2) is 29.5 Å². The molecule has 1 rings (SSSR count). The number of hydrogen-bond acceptors (Lipinski definition) is 3. The van der Waals surface area contributed by atoms with Gasteiger partial charge in [-0.15, -0.1) is 0 Å². The molecule has 0 aliphatic heterocycles. The zero-order chi connectivity index (χ0) is 12.0. The molecule has 0 aromatic carbocycles. The van der Waals surface area contributed by atoms with E-state index in [0.29, 0.717) is 6.04 Å². The summed E-state index contributed by atoms with van der Waals surface area (Å²) in [6.45, 7) is 5.39. The Kier molecular flexibility index (Phi) is 5.32. The number of nitrogens with zero attached hydrogens (tertiary/aromatic N) is 2. The summed E-state index contributed by atoms with van der Waals surface area (Å²) >= 11 is 0. The minimum Gasteiger partial charge on any atom is -0.493 e. The van der Waals surface area contributed by atoms with Crippen LogP contribution >= 0.6 is 0 Å². The van der Waals surface area contributed by atoms with Gasteiger partial charge in [-0.1, -0.05) is 13.8 Å². The van der Waals surface area contributed by atoms with Crippen LogP contribution in [0.1, 0.15) is 32.4 Å². The first kappa shape index (κ1) is 13.0. The van der Waals surface area contributed by atoms with Gasteiger partial charge >= 0.3 is 0 Å². The molecule has 1 N–H and O–H groups in total. The highest BCUT2D eigenvalue weighted by Crippen LogP contribution is 2.19. The topological polar surface area (TPSA) is 39.1 Å². The molecule has 1 aromatic heterocycles. The van der Waals surface area contributed by atoms with E-state index in [2.05, 4.69) is 24.3 Å². The van der Waals surface area contributed by atoms with Crippen molar-refractivity contribution in [2.75, 3.05) is 13.7 Å². The highest BCUT2D eigenvalue weighted by molar-refractivity contribution is 5.25. The monoisotopic (exact) mass is 225 g/mol. The van der Waals surface area contributed by atoms with E-state index < -0.39 is 0 Å². The van der Waals surface area contributed by atoms with Gasteiger partial charge in [-0.2, -0.15) is 5.10 Å². The van der Waals surface area contributed by atoms with Crippen LogP contribution in [0.3, 0.4) is 0 Å². The van der Waals surface area contributed by atoms with Crippen molar-refractivity contribution >= 4 is 0 Å². The molecule has 1 heterocycles. The third-order valence-electron chi connectivity index (χ3n) is 2.96. The Morgan fingerprint density at radius 3 is 2.81 bits per heavy atom. The van der Waals surface area contributed by atoms with Crippen LogP contribution in [0.5, 0.6) is 5.75 Å². The molecule has 0 aliphatic carbocycles. The average Bonchev–Trinajstić information content (AvgIpc) is 2.65. The Morgan fingerprint density at radius 2 is 2.25 bits per heavy atom. The Morgan fingerprint density at radius 1 is 1.50 bits per heavy atom. The van der Waals surface area contributed by atoms with Crippen LogP contribution in [0.4, 0.5) is 0 Å². The third kappa shape index (κ3) is 3.23. The molecule has 4 nitrogen and oxygen atoms in total. The second kappa shape index (κ2) is 6.53. The van der Waals surface area contributed by atoms with Crippen LogP contribution in [0, 0.1) is 0 Å². The fourth-order valence-electron chi connectivity index (χ4n) is 1.95. The molecule has 0 saturated heterocycles. The van der Waals surface area contributed by atoms with Crippen molar-refractivity contribution in [3.63, 3.8) is 0 Å². The van der Waals surface area contributed by atoms with Gasteiger partial charge in [0.1, 0.15) is 0 Å². The number of aromatic nitrogens is 2. The number of methoxy groups -OCH3 is 1. The summed E-state index contributed by atoms with van der Waals surface area (Å²) in [6, 6.07) is 0.588. The molecular weight excluding hydrogens is 202 g/mol. The summed E-state index contributed by atoms with van der Waals surface area (Å²) in [5, 5.41) is 7.69. The number of hydrogen-bond donors (Lipinski definition) is 1. The molecule has 92 valence electrons. The minimum atomic E-state index is 0.588. The first-order chi connectivity index (χ1) is 7.72. The van der Waals surface area contributed by atoms with Crippen molar-refractivity contribution in [1.29, 1.82) is 0 Å². The van der Waals surface area contributed by atoms with Crippen LogP contribution in [0.15, 0.2) is 6.20 Å². The Bertz CT molecular complexity index is 309. The average molecular weight is 225 g/mol. The van der Waals surface area contributed by atoms with E-state index in [4.69, 9.17) is 4.74 Å². The summed E-state index contributed by atoms with van der Waals surface area (Å²) < 4.78 is 7.19. The van der Waals surface area contributed by atoms with Crippen molar-refractivity contribution in [3.05, 3.63) is 11.9 Å². The molecule has 0 amide bonds. The number of nitrogens with one attached hydrogen (secondary N) is 1. The van der Waals surface area contributed by atoms with Gasteiger partial charge in [0.05, 0.1) is 19.0 Å². The SMILES string of the molecule is CCNC(CC)CCc1c(OC)cnn1C.